The fourth-order valence-electron chi connectivity index (χ4n) is 3.49. The summed E-state index contributed by atoms with van der Waals surface area (Å²) >= 11 is 0. The number of carbonyl (C=O) groups excluding carboxylic acids is 1. The molecular weight excluding hydrogens is 416 g/mol. The molecule has 0 radical (unpaired) electrons. The molecule has 0 unspecified atom stereocenters. The van der Waals surface area contributed by atoms with Crippen LogP contribution in [0.5, 0.6) is 0 Å². The first-order chi connectivity index (χ1) is 15.0. The van der Waals surface area contributed by atoms with Gasteiger partial charge in [-0.15, -0.1) is 0 Å². The van der Waals surface area contributed by atoms with Gasteiger partial charge < -0.3 is 4.90 Å². The lowest BCUT2D eigenvalue weighted by molar-refractivity contribution is 0.0698. The van der Waals surface area contributed by atoms with Crippen molar-refractivity contribution < 1.29 is 13.2 Å². The fraction of sp³-hybridized carbons (Fsp3) is 0.238. The predicted molar refractivity (Wildman–Crippen MR) is 111 cm³/mol. The minimum atomic E-state index is -3.79. The van der Waals surface area contributed by atoms with Gasteiger partial charge in [-0.3, -0.25) is 4.79 Å². The minimum Gasteiger partial charge on any atom is -0.336 e. The van der Waals surface area contributed by atoms with Gasteiger partial charge in [-0.05, 0) is 29.8 Å². The molecule has 1 amide bonds. The van der Waals surface area contributed by atoms with Crippen LogP contribution in [0.1, 0.15) is 21.5 Å². The number of rotatable bonds is 5. The predicted octanol–water partition coefficient (Wildman–Crippen LogP) is 1.34. The van der Waals surface area contributed by atoms with Crippen LogP contribution in [0, 0.1) is 11.3 Å². The molecule has 31 heavy (non-hydrogen) atoms. The van der Waals surface area contributed by atoms with E-state index >= 15 is 0 Å². The summed E-state index contributed by atoms with van der Waals surface area (Å²) in [4.78, 5) is 18.4. The van der Waals surface area contributed by atoms with E-state index in [2.05, 4.69) is 10.1 Å². The van der Waals surface area contributed by atoms with E-state index in [1.54, 1.807) is 40.2 Å². The van der Waals surface area contributed by atoms with E-state index in [0.29, 0.717) is 12.1 Å². The Hall–Kier alpha value is -3.55. The summed E-state index contributed by atoms with van der Waals surface area (Å²) in [6.45, 7) is 1.49. The number of nitriles is 1. The molecule has 158 valence electrons. The molecule has 1 aromatic heterocycles. The maximum Gasteiger partial charge on any atom is 0.253 e. The summed E-state index contributed by atoms with van der Waals surface area (Å²) in [6, 6.07) is 15.3. The van der Waals surface area contributed by atoms with Crippen LogP contribution >= 0.6 is 0 Å². The summed E-state index contributed by atoms with van der Waals surface area (Å²) in [7, 11) is -3.79. The number of hydrogen-bond donors (Lipinski definition) is 0. The largest absolute Gasteiger partial charge is 0.336 e. The van der Waals surface area contributed by atoms with E-state index in [4.69, 9.17) is 0 Å². The van der Waals surface area contributed by atoms with Crippen LogP contribution in [0.3, 0.4) is 0 Å². The SMILES string of the molecule is N#Cc1ccccc1S(=O)(=O)N1CCN(C(=O)c2ccc(Cn3cncn3)cc2)CC1. The van der Waals surface area contributed by atoms with Crippen LogP contribution in [0.25, 0.3) is 0 Å². The molecular formula is C21H20N6O3S. The van der Waals surface area contributed by atoms with Gasteiger partial charge in [0.05, 0.1) is 17.0 Å². The second-order valence-corrected chi connectivity index (χ2v) is 9.00. The Balaban J connectivity index is 1.40. The van der Waals surface area contributed by atoms with Crippen LogP contribution in [0.15, 0.2) is 66.1 Å². The zero-order chi connectivity index (χ0) is 21.8. The highest BCUT2D eigenvalue weighted by atomic mass is 32.2. The molecule has 0 N–H and O–H groups in total. The number of hydrogen-bond acceptors (Lipinski definition) is 6. The molecule has 0 saturated carbocycles. The quantitative estimate of drug-likeness (QED) is 0.597. The summed E-state index contributed by atoms with van der Waals surface area (Å²) < 4.78 is 28.9. The fourth-order valence-corrected chi connectivity index (χ4v) is 5.06. The third-order valence-electron chi connectivity index (χ3n) is 5.16. The van der Waals surface area contributed by atoms with Gasteiger partial charge in [0, 0.05) is 31.7 Å². The molecule has 0 aliphatic carbocycles. The van der Waals surface area contributed by atoms with E-state index in [-0.39, 0.29) is 42.5 Å². The van der Waals surface area contributed by atoms with E-state index in [1.807, 2.05) is 18.2 Å². The summed E-state index contributed by atoms with van der Waals surface area (Å²) in [5.41, 5.74) is 1.66. The molecule has 2 aromatic carbocycles. The lowest BCUT2D eigenvalue weighted by Gasteiger charge is -2.34. The van der Waals surface area contributed by atoms with Crippen LogP contribution in [-0.2, 0) is 16.6 Å². The molecule has 3 aromatic rings. The van der Waals surface area contributed by atoms with Gasteiger partial charge in [-0.25, -0.2) is 18.1 Å². The van der Waals surface area contributed by atoms with Crippen molar-refractivity contribution >= 4 is 15.9 Å². The standard InChI is InChI=1S/C21H20N6O3S/c22-13-19-3-1-2-4-20(19)31(29,30)27-11-9-25(10-12-27)21(28)18-7-5-17(6-8-18)14-26-16-23-15-24-26/h1-8,15-16H,9-12,14H2. The van der Waals surface area contributed by atoms with E-state index in [0.717, 1.165) is 5.56 Å². The minimum absolute atomic E-state index is 0.000229. The number of aromatic nitrogens is 3. The van der Waals surface area contributed by atoms with Crippen molar-refractivity contribution in [1.82, 2.24) is 24.0 Å². The maximum atomic E-state index is 12.9. The zero-order valence-corrected chi connectivity index (χ0v) is 17.4. The van der Waals surface area contributed by atoms with Crippen molar-refractivity contribution in [2.45, 2.75) is 11.4 Å². The van der Waals surface area contributed by atoms with Gasteiger partial charge >= 0.3 is 0 Å². The molecule has 4 rings (SSSR count). The molecule has 9 nitrogen and oxygen atoms in total. The van der Waals surface area contributed by atoms with Crippen molar-refractivity contribution in [2.24, 2.45) is 0 Å². The Bertz CT molecular complexity index is 1210. The highest BCUT2D eigenvalue weighted by Gasteiger charge is 2.31. The van der Waals surface area contributed by atoms with Crippen LogP contribution in [-0.4, -0.2) is 64.5 Å². The Morgan fingerprint density at radius 1 is 1.03 bits per heavy atom. The van der Waals surface area contributed by atoms with Gasteiger partial charge in [0.25, 0.3) is 5.91 Å². The molecule has 0 atom stereocenters. The molecule has 1 aliphatic rings. The first kappa shape index (κ1) is 20.7. The zero-order valence-electron chi connectivity index (χ0n) is 16.6. The molecule has 1 fully saturated rings. The van der Waals surface area contributed by atoms with Crippen molar-refractivity contribution in [2.75, 3.05) is 26.2 Å². The van der Waals surface area contributed by atoms with Crippen LogP contribution in [0.4, 0.5) is 0 Å². The topological polar surface area (TPSA) is 112 Å². The Kier molecular flexibility index (Phi) is 5.79. The average Bonchev–Trinajstić information content (AvgIpc) is 3.32. The third-order valence-corrected chi connectivity index (χ3v) is 7.12. The van der Waals surface area contributed by atoms with Crippen LogP contribution in [0.2, 0.25) is 0 Å². The highest BCUT2D eigenvalue weighted by Crippen LogP contribution is 2.21. The lowest BCUT2D eigenvalue weighted by atomic mass is 10.1. The Morgan fingerprint density at radius 2 is 1.74 bits per heavy atom. The van der Waals surface area contributed by atoms with E-state index in [1.165, 1.54) is 22.8 Å². The average molecular weight is 436 g/mol. The van der Waals surface area contributed by atoms with Gasteiger partial charge in [-0.1, -0.05) is 24.3 Å². The second-order valence-electron chi connectivity index (χ2n) is 7.09. The Morgan fingerprint density at radius 3 is 2.39 bits per heavy atom. The highest BCUT2D eigenvalue weighted by molar-refractivity contribution is 7.89. The van der Waals surface area contributed by atoms with Crippen molar-refractivity contribution in [3.63, 3.8) is 0 Å². The normalized spacial score (nSPS) is 14.9. The van der Waals surface area contributed by atoms with Gasteiger partial charge in [-0.2, -0.15) is 14.7 Å². The smallest absolute Gasteiger partial charge is 0.253 e. The summed E-state index contributed by atoms with van der Waals surface area (Å²) in [5.74, 6) is -0.137. The van der Waals surface area contributed by atoms with Crippen LogP contribution < -0.4 is 0 Å². The maximum absolute atomic E-state index is 12.9. The lowest BCUT2D eigenvalue weighted by Crippen LogP contribution is -2.50. The van der Waals surface area contributed by atoms with Gasteiger partial charge in [0.1, 0.15) is 18.7 Å². The number of sulfonamides is 1. The van der Waals surface area contributed by atoms with E-state index in [9.17, 15) is 18.5 Å². The summed E-state index contributed by atoms with van der Waals surface area (Å²) in [6.07, 6.45) is 3.10. The monoisotopic (exact) mass is 436 g/mol. The Labute approximate surface area is 180 Å². The first-order valence-corrected chi connectivity index (χ1v) is 11.1. The second kappa shape index (κ2) is 8.67. The van der Waals surface area contributed by atoms with Gasteiger partial charge in [0.15, 0.2) is 0 Å². The van der Waals surface area contributed by atoms with Crippen molar-refractivity contribution in [1.29, 1.82) is 5.26 Å². The first-order valence-electron chi connectivity index (χ1n) is 9.69. The molecule has 10 heteroatoms. The third kappa shape index (κ3) is 4.33. The number of benzene rings is 2. The summed E-state index contributed by atoms with van der Waals surface area (Å²) in [5, 5.41) is 13.3. The molecule has 2 heterocycles. The number of piperazine rings is 1. The molecule has 1 aliphatic heterocycles. The molecule has 0 spiro atoms. The molecule has 0 bridgehead atoms. The van der Waals surface area contributed by atoms with Crippen molar-refractivity contribution in [3.05, 3.63) is 77.9 Å². The number of carbonyl (C=O) groups is 1. The number of amides is 1. The van der Waals surface area contributed by atoms with Crippen molar-refractivity contribution in [3.8, 4) is 6.07 Å². The molecule has 1 saturated heterocycles. The van der Waals surface area contributed by atoms with E-state index < -0.39 is 10.0 Å². The van der Waals surface area contributed by atoms with Gasteiger partial charge in [0.2, 0.25) is 10.0 Å². The number of nitrogens with zero attached hydrogens (tertiary/aromatic N) is 6.